The SMILES string of the molecule is O=C(O)CCc1c(Br)cccc1CF. The third-order valence-corrected chi connectivity index (χ3v) is 2.69. The zero-order valence-corrected chi connectivity index (χ0v) is 9.05. The van der Waals surface area contributed by atoms with Crippen LogP contribution in [-0.4, -0.2) is 11.1 Å². The van der Waals surface area contributed by atoms with Crippen molar-refractivity contribution in [3.8, 4) is 0 Å². The Morgan fingerprint density at radius 2 is 2.21 bits per heavy atom. The zero-order chi connectivity index (χ0) is 10.6. The number of rotatable bonds is 4. The summed E-state index contributed by atoms with van der Waals surface area (Å²) < 4.78 is 13.3. The fraction of sp³-hybridized carbons (Fsp3) is 0.300. The summed E-state index contributed by atoms with van der Waals surface area (Å²) in [5, 5.41) is 8.52. The summed E-state index contributed by atoms with van der Waals surface area (Å²) in [6.07, 6.45) is 0.381. The van der Waals surface area contributed by atoms with E-state index in [0.29, 0.717) is 12.0 Å². The van der Waals surface area contributed by atoms with Crippen LogP contribution in [0.3, 0.4) is 0 Å². The van der Waals surface area contributed by atoms with Gasteiger partial charge in [-0.1, -0.05) is 28.1 Å². The van der Waals surface area contributed by atoms with Crippen LogP contribution >= 0.6 is 15.9 Å². The summed E-state index contributed by atoms with van der Waals surface area (Å²) in [4.78, 5) is 10.4. The lowest BCUT2D eigenvalue weighted by atomic mass is 10.0. The molecular formula is C10H10BrFO2. The van der Waals surface area contributed by atoms with Gasteiger partial charge in [-0.15, -0.1) is 0 Å². The summed E-state index contributed by atoms with van der Waals surface area (Å²) in [5.41, 5.74) is 1.30. The van der Waals surface area contributed by atoms with Crippen LogP contribution in [-0.2, 0) is 17.9 Å². The second-order valence-electron chi connectivity index (χ2n) is 2.90. The van der Waals surface area contributed by atoms with Gasteiger partial charge in [0.1, 0.15) is 6.67 Å². The Kier molecular flexibility index (Phi) is 4.07. The van der Waals surface area contributed by atoms with Gasteiger partial charge in [-0.2, -0.15) is 0 Å². The maximum absolute atomic E-state index is 12.5. The van der Waals surface area contributed by atoms with Gasteiger partial charge >= 0.3 is 5.97 Å². The number of carboxylic acids is 1. The molecule has 0 aromatic heterocycles. The van der Waals surface area contributed by atoms with Crippen LogP contribution in [0.5, 0.6) is 0 Å². The van der Waals surface area contributed by atoms with E-state index in [4.69, 9.17) is 5.11 Å². The summed E-state index contributed by atoms with van der Waals surface area (Å²) in [5.74, 6) is -0.870. The lowest BCUT2D eigenvalue weighted by molar-refractivity contribution is -0.136. The average Bonchev–Trinajstić information content (AvgIpc) is 2.15. The van der Waals surface area contributed by atoms with E-state index >= 15 is 0 Å². The van der Waals surface area contributed by atoms with E-state index in [1.54, 1.807) is 18.2 Å². The number of hydrogen-bond donors (Lipinski definition) is 1. The summed E-state index contributed by atoms with van der Waals surface area (Å²) >= 11 is 3.28. The molecule has 1 rings (SSSR count). The molecule has 4 heteroatoms. The molecule has 0 amide bonds. The number of aliphatic carboxylic acids is 1. The van der Waals surface area contributed by atoms with Gasteiger partial charge in [-0.3, -0.25) is 4.79 Å². The zero-order valence-electron chi connectivity index (χ0n) is 7.46. The maximum Gasteiger partial charge on any atom is 0.303 e. The van der Waals surface area contributed by atoms with Crippen molar-refractivity contribution in [2.45, 2.75) is 19.5 Å². The van der Waals surface area contributed by atoms with Crippen molar-refractivity contribution >= 4 is 21.9 Å². The van der Waals surface area contributed by atoms with Crippen molar-refractivity contribution in [1.82, 2.24) is 0 Å². The van der Waals surface area contributed by atoms with E-state index in [9.17, 15) is 9.18 Å². The van der Waals surface area contributed by atoms with E-state index in [-0.39, 0.29) is 6.42 Å². The van der Waals surface area contributed by atoms with E-state index < -0.39 is 12.6 Å². The molecule has 0 unspecified atom stereocenters. The minimum atomic E-state index is -0.870. The Hall–Kier alpha value is -0.900. The van der Waals surface area contributed by atoms with Crippen LogP contribution in [0, 0.1) is 0 Å². The summed E-state index contributed by atoms with van der Waals surface area (Å²) in [6.45, 7) is -0.561. The standard InChI is InChI=1S/C10H10BrFO2/c11-9-3-1-2-7(6-12)8(9)4-5-10(13)14/h1-3H,4-6H2,(H,13,14). The molecule has 2 nitrogen and oxygen atoms in total. The molecule has 0 bridgehead atoms. The quantitative estimate of drug-likeness (QED) is 0.904. The van der Waals surface area contributed by atoms with Gasteiger partial charge in [-0.05, 0) is 23.6 Å². The van der Waals surface area contributed by atoms with Crippen LogP contribution in [0.4, 0.5) is 4.39 Å². The van der Waals surface area contributed by atoms with Crippen molar-refractivity contribution in [3.05, 3.63) is 33.8 Å². The highest BCUT2D eigenvalue weighted by Gasteiger charge is 2.08. The van der Waals surface area contributed by atoms with Gasteiger partial charge in [0.2, 0.25) is 0 Å². The summed E-state index contributed by atoms with van der Waals surface area (Å²) in [6, 6.07) is 5.20. The molecule has 0 spiro atoms. The molecule has 0 aliphatic carbocycles. The number of hydrogen-bond acceptors (Lipinski definition) is 1. The maximum atomic E-state index is 12.5. The lowest BCUT2D eigenvalue weighted by Crippen LogP contribution is -2.00. The molecule has 1 aromatic rings. The number of alkyl halides is 1. The van der Waals surface area contributed by atoms with Crippen molar-refractivity contribution in [3.63, 3.8) is 0 Å². The molecule has 0 saturated carbocycles. The Balaban J connectivity index is 2.87. The molecular weight excluding hydrogens is 251 g/mol. The molecule has 14 heavy (non-hydrogen) atoms. The first kappa shape index (κ1) is 11.2. The largest absolute Gasteiger partial charge is 0.481 e. The second kappa shape index (κ2) is 5.10. The monoisotopic (exact) mass is 260 g/mol. The molecule has 0 fully saturated rings. The van der Waals surface area contributed by atoms with Crippen LogP contribution < -0.4 is 0 Å². The fourth-order valence-electron chi connectivity index (χ4n) is 1.24. The third-order valence-electron chi connectivity index (χ3n) is 1.95. The average molecular weight is 261 g/mol. The Morgan fingerprint density at radius 3 is 2.79 bits per heavy atom. The Morgan fingerprint density at radius 1 is 1.50 bits per heavy atom. The molecule has 76 valence electrons. The van der Waals surface area contributed by atoms with Crippen LogP contribution in [0.2, 0.25) is 0 Å². The predicted octanol–water partition coefficient (Wildman–Crippen LogP) is 2.94. The van der Waals surface area contributed by atoms with Crippen LogP contribution in [0.1, 0.15) is 17.5 Å². The van der Waals surface area contributed by atoms with Crippen LogP contribution in [0.25, 0.3) is 0 Å². The Bertz CT molecular complexity index is 339. The highest BCUT2D eigenvalue weighted by molar-refractivity contribution is 9.10. The number of halogens is 2. The normalized spacial score (nSPS) is 10.1. The molecule has 0 atom stereocenters. The van der Waals surface area contributed by atoms with Crippen molar-refractivity contribution in [1.29, 1.82) is 0 Å². The van der Waals surface area contributed by atoms with Gasteiger partial charge in [0.15, 0.2) is 0 Å². The van der Waals surface area contributed by atoms with Gasteiger partial charge in [0.25, 0.3) is 0 Å². The molecule has 0 aliphatic heterocycles. The molecule has 1 N–H and O–H groups in total. The van der Waals surface area contributed by atoms with E-state index in [0.717, 1.165) is 10.0 Å². The van der Waals surface area contributed by atoms with Crippen molar-refractivity contribution < 1.29 is 14.3 Å². The van der Waals surface area contributed by atoms with Gasteiger partial charge in [0.05, 0.1) is 0 Å². The topological polar surface area (TPSA) is 37.3 Å². The second-order valence-corrected chi connectivity index (χ2v) is 3.76. The minimum Gasteiger partial charge on any atom is -0.481 e. The molecule has 0 radical (unpaired) electrons. The molecule has 0 aliphatic rings. The molecule has 1 aromatic carbocycles. The van der Waals surface area contributed by atoms with Crippen LogP contribution in [0.15, 0.2) is 22.7 Å². The number of carboxylic acid groups (broad SMARTS) is 1. The molecule has 0 heterocycles. The smallest absolute Gasteiger partial charge is 0.303 e. The first-order valence-corrected chi connectivity index (χ1v) is 4.98. The number of carbonyl (C=O) groups is 1. The van der Waals surface area contributed by atoms with Crippen molar-refractivity contribution in [2.24, 2.45) is 0 Å². The highest BCUT2D eigenvalue weighted by atomic mass is 79.9. The van der Waals surface area contributed by atoms with E-state index in [1.807, 2.05) is 0 Å². The fourth-order valence-corrected chi connectivity index (χ4v) is 1.85. The number of benzene rings is 1. The Labute approximate surface area is 89.9 Å². The van der Waals surface area contributed by atoms with E-state index in [1.165, 1.54) is 0 Å². The summed E-state index contributed by atoms with van der Waals surface area (Å²) in [7, 11) is 0. The van der Waals surface area contributed by atoms with Gasteiger partial charge in [0, 0.05) is 10.9 Å². The third kappa shape index (κ3) is 2.80. The lowest BCUT2D eigenvalue weighted by Gasteiger charge is -2.07. The predicted molar refractivity (Wildman–Crippen MR) is 54.9 cm³/mol. The first-order chi connectivity index (χ1) is 6.65. The van der Waals surface area contributed by atoms with Gasteiger partial charge < -0.3 is 5.11 Å². The van der Waals surface area contributed by atoms with Crippen molar-refractivity contribution in [2.75, 3.05) is 0 Å². The first-order valence-electron chi connectivity index (χ1n) is 4.19. The molecule has 0 saturated heterocycles. The minimum absolute atomic E-state index is 0.0234. The van der Waals surface area contributed by atoms with Gasteiger partial charge in [-0.25, -0.2) is 4.39 Å². The highest BCUT2D eigenvalue weighted by Crippen LogP contribution is 2.22. The van der Waals surface area contributed by atoms with E-state index in [2.05, 4.69) is 15.9 Å².